The summed E-state index contributed by atoms with van der Waals surface area (Å²) in [4.78, 5) is 14.6. The molecule has 0 bridgehead atoms. The minimum Gasteiger partial charge on any atom is -0.465 e. The molecule has 1 rings (SSSR count). The summed E-state index contributed by atoms with van der Waals surface area (Å²) in [6.07, 6.45) is -1.42. The molecule has 8 nitrogen and oxygen atoms in total. The van der Waals surface area contributed by atoms with Crippen molar-refractivity contribution in [3.63, 3.8) is 0 Å². The lowest BCUT2D eigenvalue weighted by Gasteiger charge is -2.14. The van der Waals surface area contributed by atoms with Crippen LogP contribution in [0.4, 0.5) is 4.79 Å². The maximum atomic E-state index is 10.7. The van der Waals surface area contributed by atoms with Crippen molar-refractivity contribution in [2.24, 2.45) is 5.11 Å². The molecule has 1 aliphatic heterocycles. The number of ether oxygens (including phenoxy) is 2. The molecule has 2 atom stereocenters. The maximum absolute atomic E-state index is 10.7. The summed E-state index contributed by atoms with van der Waals surface area (Å²) in [5.74, 6) is 0. The highest BCUT2D eigenvalue weighted by Crippen LogP contribution is 2.17. The van der Waals surface area contributed by atoms with Crippen LogP contribution in [0.15, 0.2) is 5.11 Å². The van der Waals surface area contributed by atoms with E-state index in [4.69, 9.17) is 20.1 Å². The van der Waals surface area contributed by atoms with Crippen molar-refractivity contribution in [2.75, 3.05) is 33.4 Å². The van der Waals surface area contributed by atoms with E-state index in [2.05, 4.69) is 10.0 Å². The third kappa shape index (κ3) is 3.27. The molecule has 0 aliphatic carbocycles. The van der Waals surface area contributed by atoms with Crippen molar-refractivity contribution < 1.29 is 19.4 Å². The van der Waals surface area contributed by atoms with Gasteiger partial charge in [-0.15, -0.1) is 0 Å². The number of rotatable bonds is 5. The van der Waals surface area contributed by atoms with Gasteiger partial charge in [-0.2, -0.15) is 0 Å². The Morgan fingerprint density at radius 2 is 2.38 bits per heavy atom. The summed E-state index contributed by atoms with van der Waals surface area (Å²) in [7, 11) is 1.55. The summed E-state index contributed by atoms with van der Waals surface area (Å²) >= 11 is 0. The standard InChI is InChI=1S/C8H14N4O4/c1-15-2-3-16-7-5-12(8(13)14)4-6(7)10-11-9/h6-7H,2-5H2,1H3,(H,13,14). The first-order valence-electron chi connectivity index (χ1n) is 4.81. The van der Waals surface area contributed by atoms with Gasteiger partial charge in [-0.25, -0.2) is 4.79 Å². The van der Waals surface area contributed by atoms with Gasteiger partial charge < -0.3 is 19.5 Å². The van der Waals surface area contributed by atoms with Gasteiger partial charge in [0.05, 0.1) is 31.9 Å². The number of amides is 1. The Hall–Kier alpha value is -1.50. The van der Waals surface area contributed by atoms with Gasteiger partial charge in [0.25, 0.3) is 0 Å². The Morgan fingerprint density at radius 1 is 1.62 bits per heavy atom. The van der Waals surface area contributed by atoms with E-state index in [1.807, 2.05) is 0 Å². The SMILES string of the molecule is COCCOC1CN(C(=O)O)CC1N=[N+]=[N-]. The fraction of sp³-hybridized carbons (Fsp3) is 0.875. The molecule has 1 fully saturated rings. The number of hydrogen-bond donors (Lipinski definition) is 1. The third-order valence-corrected chi connectivity index (χ3v) is 2.33. The Morgan fingerprint density at radius 3 is 2.94 bits per heavy atom. The highest BCUT2D eigenvalue weighted by Gasteiger charge is 2.35. The van der Waals surface area contributed by atoms with Crippen molar-refractivity contribution in [1.29, 1.82) is 0 Å². The number of hydrogen-bond acceptors (Lipinski definition) is 4. The van der Waals surface area contributed by atoms with Crippen LogP contribution in [-0.4, -0.2) is 61.7 Å². The second-order valence-corrected chi connectivity index (χ2v) is 3.36. The molecule has 16 heavy (non-hydrogen) atoms. The molecule has 0 aromatic carbocycles. The van der Waals surface area contributed by atoms with Gasteiger partial charge in [0.2, 0.25) is 0 Å². The molecule has 90 valence electrons. The number of carboxylic acid groups (broad SMARTS) is 1. The molecule has 1 amide bonds. The Bertz CT molecular complexity index is 292. The van der Waals surface area contributed by atoms with Crippen molar-refractivity contribution >= 4 is 6.09 Å². The van der Waals surface area contributed by atoms with Crippen molar-refractivity contribution in [2.45, 2.75) is 12.1 Å². The van der Waals surface area contributed by atoms with E-state index >= 15 is 0 Å². The maximum Gasteiger partial charge on any atom is 0.407 e. The number of nitrogens with zero attached hydrogens (tertiary/aromatic N) is 4. The molecule has 0 radical (unpaired) electrons. The fourth-order valence-electron chi connectivity index (χ4n) is 1.54. The zero-order valence-corrected chi connectivity index (χ0v) is 8.94. The average Bonchev–Trinajstić information content (AvgIpc) is 2.63. The normalized spacial score (nSPS) is 24.2. The monoisotopic (exact) mass is 230 g/mol. The van der Waals surface area contributed by atoms with E-state index in [0.717, 1.165) is 0 Å². The average molecular weight is 230 g/mol. The first-order chi connectivity index (χ1) is 7.69. The molecular formula is C8H14N4O4. The topological polar surface area (TPSA) is 108 Å². The second-order valence-electron chi connectivity index (χ2n) is 3.36. The molecule has 1 N–H and O–H groups in total. The molecule has 2 unspecified atom stereocenters. The zero-order valence-electron chi connectivity index (χ0n) is 8.94. The van der Waals surface area contributed by atoms with E-state index in [9.17, 15) is 4.79 Å². The van der Waals surface area contributed by atoms with Crippen LogP contribution < -0.4 is 0 Å². The lowest BCUT2D eigenvalue weighted by Crippen LogP contribution is -2.29. The lowest BCUT2D eigenvalue weighted by molar-refractivity contribution is 0.0167. The van der Waals surface area contributed by atoms with E-state index in [-0.39, 0.29) is 19.2 Å². The highest BCUT2D eigenvalue weighted by molar-refractivity contribution is 5.65. The number of likely N-dealkylation sites (tertiary alicyclic amines) is 1. The van der Waals surface area contributed by atoms with Gasteiger partial charge in [0.1, 0.15) is 0 Å². The summed E-state index contributed by atoms with van der Waals surface area (Å²) < 4.78 is 10.2. The van der Waals surface area contributed by atoms with Crippen LogP contribution in [0.25, 0.3) is 10.4 Å². The van der Waals surface area contributed by atoms with Crippen LogP contribution in [0.2, 0.25) is 0 Å². The molecule has 0 saturated carbocycles. The molecule has 1 aliphatic rings. The highest BCUT2D eigenvalue weighted by atomic mass is 16.5. The minimum atomic E-state index is -1.03. The van der Waals surface area contributed by atoms with Crippen molar-refractivity contribution in [3.8, 4) is 0 Å². The van der Waals surface area contributed by atoms with Crippen LogP contribution in [-0.2, 0) is 9.47 Å². The Kier molecular flexibility index (Phi) is 4.84. The quantitative estimate of drug-likeness (QED) is 0.324. The van der Waals surface area contributed by atoms with E-state index in [1.54, 1.807) is 7.11 Å². The largest absolute Gasteiger partial charge is 0.465 e. The predicted molar refractivity (Wildman–Crippen MR) is 54.1 cm³/mol. The summed E-state index contributed by atoms with van der Waals surface area (Å²) in [5, 5.41) is 12.3. The molecule has 8 heteroatoms. The van der Waals surface area contributed by atoms with Crippen LogP contribution in [0.3, 0.4) is 0 Å². The first-order valence-corrected chi connectivity index (χ1v) is 4.81. The van der Waals surface area contributed by atoms with E-state index in [1.165, 1.54) is 4.90 Å². The first kappa shape index (κ1) is 12.6. The van der Waals surface area contributed by atoms with Crippen LogP contribution in [0.1, 0.15) is 0 Å². The van der Waals surface area contributed by atoms with Gasteiger partial charge in [0, 0.05) is 18.6 Å². The molecule has 0 aromatic rings. The lowest BCUT2D eigenvalue weighted by atomic mass is 10.2. The summed E-state index contributed by atoms with van der Waals surface area (Å²) in [6, 6.07) is -0.460. The zero-order chi connectivity index (χ0) is 12.0. The van der Waals surface area contributed by atoms with Crippen molar-refractivity contribution in [1.82, 2.24) is 4.90 Å². The van der Waals surface area contributed by atoms with Crippen LogP contribution in [0, 0.1) is 0 Å². The summed E-state index contributed by atoms with van der Waals surface area (Å²) in [6.45, 7) is 1.18. The molecule has 1 heterocycles. The van der Waals surface area contributed by atoms with Gasteiger partial charge in [-0.1, -0.05) is 5.11 Å². The fourth-order valence-corrected chi connectivity index (χ4v) is 1.54. The number of methoxy groups -OCH3 is 1. The van der Waals surface area contributed by atoms with E-state index in [0.29, 0.717) is 13.2 Å². The van der Waals surface area contributed by atoms with Gasteiger partial charge in [0.15, 0.2) is 0 Å². The van der Waals surface area contributed by atoms with Crippen LogP contribution >= 0.6 is 0 Å². The predicted octanol–water partition coefficient (Wildman–Crippen LogP) is 0.690. The van der Waals surface area contributed by atoms with Crippen molar-refractivity contribution in [3.05, 3.63) is 10.4 Å². The Balaban J connectivity index is 2.51. The third-order valence-electron chi connectivity index (χ3n) is 2.33. The number of azide groups is 1. The smallest absolute Gasteiger partial charge is 0.407 e. The molecular weight excluding hydrogens is 216 g/mol. The molecule has 1 saturated heterocycles. The number of carbonyl (C=O) groups is 1. The minimum absolute atomic E-state index is 0.178. The molecule has 0 aromatic heterocycles. The summed E-state index contributed by atoms with van der Waals surface area (Å²) in [5.41, 5.74) is 8.35. The van der Waals surface area contributed by atoms with Gasteiger partial charge in [-0.05, 0) is 5.53 Å². The van der Waals surface area contributed by atoms with Crippen LogP contribution in [0.5, 0.6) is 0 Å². The van der Waals surface area contributed by atoms with Gasteiger partial charge in [-0.3, -0.25) is 0 Å². The van der Waals surface area contributed by atoms with Gasteiger partial charge >= 0.3 is 6.09 Å². The Labute approximate surface area is 92.4 Å². The second kappa shape index (κ2) is 6.16. The molecule has 0 spiro atoms. The van der Waals surface area contributed by atoms with E-state index < -0.39 is 12.1 Å².